The number of rotatable bonds is 10. The van der Waals surface area contributed by atoms with Gasteiger partial charge in [0.15, 0.2) is 0 Å². The van der Waals surface area contributed by atoms with E-state index in [9.17, 15) is 4.79 Å². The fourth-order valence-corrected chi connectivity index (χ4v) is 3.01. The van der Waals surface area contributed by atoms with E-state index in [1.54, 1.807) is 0 Å². The fraction of sp³-hybridized carbons (Fsp3) is 0.409. The Kier molecular flexibility index (Phi) is 8.32. The van der Waals surface area contributed by atoms with Gasteiger partial charge in [0.25, 0.3) is 0 Å². The summed E-state index contributed by atoms with van der Waals surface area (Å²) in [5.74, 6) is 0.0401. The lowest BCUT2D eigenvalue weighted by atomic mass is 10.0. The third kappa shape index (κ3) is 5.68. The van der Waals surface area contributed by atoms with Crippen LogP contribution in [0.5, 0.6) is 0 Å². The molecule has 1 amide bonds. The summed E-state index contributed by atoms with van der Waals surface area (Å²) in [5, 5.41) is 3.10. The Hall–Kier alpha value is -2.17. The van der Waals surface area contributed by atoms with Gasteiger partial charge >= 0.3 is 0 Å². The highest BCUT2D eigenvalue weighted by Crippen LogP contribution is 2.20. The van der Waals surface area contributed by atoms with Gasteiger partial charge in [0.05, 0.1) is 6.61 Å². The molecule has 4 nitrogen and oxygen atoms in total. The first kappa shape index (κ1) is 20.1. The van der Waals surface area contributed by atoms with Crippen LogP contribution in [0.2, 0.25) is 0 Å². The Morgan fingerprint density at radius 1 is 0.962 bits per heavy atom. The van der Waals surface area contributed by atoms with E-state index >= 15 is 0 Å². The number of hydrogen-bond acceptors (Lipinski definition) is 3. The van der Waals surface area contributed by atoms with Gasteiger partial charge in [-0.05, 0) is 36.7 Å². The third-order valence-corrected chi connectivity index (χ3v) is 4.50. The van der Waals surface area contributed by atoms with E-state index in [-0.39, 0.29) is 11.9 Å². The minimum atomic E-state index is -0.261. The summed E-state index contributed by atoms with van der Waals surface area (Å²) in [6, 6.07) is 17.9. The molecule has 2 rings (SSSR count). The monoisotopic (exact) mass is 354 g/mol. The molecule has 0 aromatic heterocycles. The van der Waals surface area contributed by atoms with Crippen LogP contribution >= 0.6 is 0 Å². The van der Waals surface area contributed by atoms with Crippen molar-refractivity contribution in [2.45, 2.75) is 40.0 Å². The van der Waals surface area contributed by atoms with E-state index in [2.05, 4.69) is 36.2 Å². The predicted octanol–water partition coefficient (Wildman–Crippen LogP) is 3.92. The zero-order valence-electron chi connectivity index (χ0n) is 16.1. The quantitative estimate of drug-likeness (QED) is 0.703. The normalized spacial score (nSPS) is 12.2. The molecule has 0 aliphatic rings. The second kappa shape index (κ2) is 10.7. The van der Waals surface area contributed by atoms with Gasteiger partial charge in [0.2, 0.25) is 5.91 Å². The predicted molar refractivity (Wildman–Crippen MR) is 106 cm³/mol. The zero-order valence-corrected chi connectivity index (χ0v) is 16.1. The Bertz CT molecular complexity index is 652. The number of carbonyl (C=O) groups excluding carboxylic acids is 1. The van der Waals surface area contributed by atoms with Crippen molar-refractivity contribution in [3.05, 3.63) is 71.3 Å². The van der Waals surface area contributed by atoms with Gasteiger partial charge < -0.3 is 10.1 Å². The molecule has 0 heterocycles. The highest BCUT2D eigenvalue weighted by Gasteiger charge is 2.25. The molecule has 2 aromatic rings. The highest BCUT2D eigenvalue weighted by atomic mass is 16.5. The maximum atomic E-state index is 12.9. The molecule has 0 radical (unpaired) electrons. The van der Waals surface area contributed by atoms with Crippen molar-refractivity contribution in [1.29, 1.82) is 0 Å². The lowest BCUT2D eigenvalue weighted by Gasteiger charge is -2.29. The Balaban J connectivity index is 2.02. The summed E-state index contributed by atoms with van der Waals surface area (Å²) in [4.78, 5) is 15.1. The highest BCUT2D eigenvalue weighted by molar-refractivity contribution is 5.83. The molecule has 1 unspecified atom stereocenters. The molecule has 26 heavy (non-hydrogen) atoms. The molecule has 0 fully saturated rings. The average Bonchev–Trinajstić information content (AvgIpc) is 2.70. The van der Waals surface area contributed by atoms with Gasteiger partial charge in [-0.15, -0.1) is 0 Å². The van der Waals surface area contributed by atoms with Crippen LogP contribution < -0.4 is 5.32 Å². The van der Waals surface area contributed by atoms with Crippen LogP contribution in [-0.2, 0) is 22.7 Å². The summed E-state index contributed by atoms with van der Waals surface area (Å²) in [6.07, 6.45) is 0. The van der Waals surface area contributed by atoms with Crippen LogP contribution in [0.4, 0.5) is 0 Å². The van der Waals surface area contributed by atoms with Gasteiger partial charge in [-0.2, -0.15) is 0 Å². The van der Waals surface area contributed by atoms with E-state index in [0.29, 0.717) is 19.8 Å². The van der Waals surface area contributed by atoms with Crippen LogP contribution in [0, 0.1) is 0 Å². The maximum absolute atomic E-state index is 12.9. The number of nitrogens with zero attached hydrogens (tertiary/aromatic N) is 1. The first-order chi connectivity index (χ1) is 12.7. The molecular weight excluding hydrogens is 324 g/mol. The summed E-state index contributed by atoms with van der Waals surface area (Å²) in [7, 11) is 0. The number of benzene rings is 2. The third-order valence-electron chi connectivity index (χ3n) is 4.50. The number of amides is 1. The van der Waals surface area contributed by atoms with Gasteiger partial charge in [0.1, 0.15) is 6.04 Å². The molecule has 0 aliphatic heterocycles. The van der Waals surface area contributed by atoms with Crippen LogP contribution in [0.25, 0.3) is 0 Å². The van der Waals surface area contributed by atoms with Gasteiger partial charge in [-0.3, -0.25) is 9.69 Å². The Morgan fingerprint density at radius 3 is 2.15 bits per heavy atom. The molecule has 0 aliphatic carbocycles. The van der Waals surface area contributed by atoms with E-state index < -0.39 is 0 Å². The van der Waals surface area contributed by atoms with Crippen LogP contribution in [-0.4, -0.2) is 30.5 Å². The van der Waals surface area contributed by atoms with Crippen molar-refractivity contribution in [3.63, 3.8) is 0 Å². The fourth-order valence-electron chi connectivity index (χ4n) is 3.01. The molecule has 140 valence electrons. The molecule has 4 heteroatoms. The lowest BCUT2D eigenvalue weighted by molar-refractivity contribution is -0.126. The number of nitrogens with one attached hydrogen (secondary N) is 1. The molecular formula is C22H30N2O2. The van der Waals surface area contributed by atoms with Crippen molar-refractivity contribution in [2.24, 2.45) is 0 Å². The first-order valence-electron chi connectivity index (χ1n) is 9.41. The topological polar surface area (TPSA) is 41.6 Å². The Morgan fingerprint density at radius 2 is 1.58 bits per heavy atom. The summed E-state index contributed by atoms with van der Waals surface area (Å²) in [6.45, 7) is 9.69. The van der Waals surface area contributed by atoms with Crippen LogP contribution in [0.1, 0.15) is 43.5 Å². The number of carbonyl (C=O) groups is 1. The standard InChI is InChI=1S/C22H30N2O2/c1-4-24(5-2)21(20-10-8-7-9-11-20)22(25)23-16-18-12-14-19(15-13-18)17-26-6-3/h7-15,21H,4-6,16-17H2,1-3H3,(H,23,25). The van der Waals surface area contributed by atoms with E-state index in [1.807, 2.05) is 49.4 Å². The number of hydrogen-bond donors (Lipinski definition) is 1. The van der Waals surface area contributed by atoms with Crippen molar-refractivity contribution in [1.82, 2.24) is 10.2 Å². The molecule has 0 spiro atoms. The van der Waals surface area contributed by atoms with Crippen LogP contribution in [0.3, 0.4) is 0 Å². The molecule has 0 saturated heterocycles. The lowest BCUT2D eigenvalue weighted by Crippen LogP contribution is -2.40. The number of likely N-dealkylation sites (N-methyl/N-ethyl adjacent to an activating group) is 1. The zero-order chi connectivity index (χ0) is 18.8. The largest absolute Gasteiger partial charge is 0.377 e. The van der Waals surface area contributed by atoms with E-state index in [4.69, 9.17) is 4.74 Å². The Labute approximate surface area is 157 Å². The van der Waals surface area contributed by atoms with Gasteiger partial charge in [-0.1, -0.05) is 68.4 Å². The number of ether oxygens (including phenoxy) is 1. The molecule has 1 atom stereocenters. The summed E-state index contributed by atoms with van der Waals surface area (Å²) < 4.78 is 5.41. The minimum absolute atomic E-state index is 0.0401. The van der Waals surface area contributed by atoms with Crippen molar-refractivity contribution >= 4 is 5.91 Å². The smallest absolute Gasteiger partial charge is 0.242 e. The van der Waals surface area contributed by atoms with Gasteiger partial charge in [0, 0.05) is 13.2 Å². The molecule has 0 bridgehead atoms. The summed E-state index contributed by atoms with van der Waals surface area (Å²) in [5.41, 5.74) is 3.26. The van der Waals surface area contributed by atoms with Crippen LogP contribution in [0.15, 0.2) is 54.6 Å². The SMILES string of the molecule is CCOCc1ccc(CNC(=O)C(c2ccccc2)N(CC)CC)cc1. The van der Waals surface area contributed by atoms with Crippen molar-refractivity contribution < 1.29 is 9.53 Å². The maximum Gasteiger partial charge on any atom is 0.242 e. The van der Waals surface area contributed by atoms with E-state index in [1.165, 1.54) is 0 Å². The molecule has 0 saturated carbocycles. The average molecular weight is 354 g/mol. The molecule has 1 N–H and O–H groups in total. The minimum Gasteiger partial charge on any atom is -0.377 e. The second-order valence-corrected chi connectivity index (χ2v) is 6.21. The summed E-state index contributed by atoms with van der Waals surface area (Å²) >= 11 is 0. The molecule has 2 aromatic carbocycles. The van der Waals surface area contributed by atoms with E-state index in [0.717, 1.165) is 29.8 Å². The van der Waals surface area contributed by atoms with Gasteiger partial charge in [-0.25, -0.2) is 0 Å². The first-order valence-corrected chi connectivity index (χ1v) is 9.41. The second-order valence-electron chi connectivity index (χ2n) is 6.21. The van der Waals surface area contributed by atoms with Crippen molar-refractivity contribution in [3.8, 4) is 0 Å². The van der Waals surface area contributed by atoms with Crippen molar-refractivity contribution in [2.75, 3.05) is 19.7 Å².